The van der Waals surface area contributed by atoms with E-state index in [-0.39, 0.29) is 24.2 Å². The zero-order chi connectivity index (χ0) is 14.5. The zero-order valence-corrected chi connectivity index (χ0v) is 11.2. The fraction of sp³-hybridized carbons (Fsp3) is 0.429. The van der Waals surface area contributed by atoms with Gasteiger partial charge in [-0.3, -0.25) is 9.59 Å². The van der Waals surface area contributed by atoms with Crippen LogP contribution < -0.4 is 11.1 Å². The minimum absolute atomic E-state index is 0.0300. The van der Waals surface area contributed by atoms with Crippen molar-refractivity contribution in [1.82, 2.24) is 10.2 Å². The Labute approximate surface area is 117 Å². The number of hydrogen-bond acceptors (Lipinski definition) is 4. The monoisotopic (exact) mass is 277 g/mol. The van der Waals surface area contributed by atoms with Gasteiger partial charge in [0.25, 0.3) is 5.91 Å². The molecule has 1 heterocycles. The van der Waals surface area contributed by atoms with Crippen LogP contribution in [0, 0.1) is 0 Å². The molecule has 1 fully saturated rings. The fourth-order valence-corrected chi connectivity index (χ4v) is 2.40. The molecule has 0 bridgehead atoms. The molecule has 108 valence electrons. The first-order valence-corrected chi connectivity index (χ1v) is 6.67. The van der Waals surface area contributed by atoms with Gasteiger partial charge in [-0.05, 0) is 43.7 Å². The lowest BCUT2D eigenvalue weighted by Gasteiger charge is -2.34. The first-order valence-electron chi connectivity index (χ1n) is 6.67. The number of amides is 2. The van der Waals surface area contributed by atoms with Crippen molar-refractivity contribution in [2.24, 2.45) is 5.73 Å². The highest BCUT2D eigenvalue weighted by Gasteiger charge is 2.27. The lowest BCUT2D eigenvalue weighted by molar-refractivity contribution is -0.119. The van der Waals surface area contributed by atoms with Crippen molar-refractivity contribution in [3.63, 3.8) is 0 Å². The van der Waals surface area contributed by atoms with Gasteiger partial charge in [0.05, 0.1) is 6.54 Å². The molecule has 2 rings (SSSR count). The molecule has 1 aromatic carbocycles. The number of hydrogen-bond donors (Lipinski definition) is 3. The summed E-state index contributed by atoms with van der Waals surface area (Å²) in [4.78, 5) is 25.2. The van der Waals surface area contributed by atoms with Crippen LogP contribution in [-0.4, -0.2) is 47.5 Å². The van der Waals surface area contributed by atoms with E-state index in [0.717, 1.165) is 19.4 Å². The first kappa shape index (κ1) is 14.3. The van der Waals surface area contributed by atoms with Gasteiger partial charge in [-0.25, -0.2) is 0 Å². The van der Waals surface area contributed by atoms with Gasteiger partial charge in [-0.2, -0.15) is 0 Å². The summed E-state index contributed by atoms with van der Waals surface area (Å²) in [5.41, 5.74) is 5.69. The molecule has 1 saturated heterocycles. The Morgan fingerprint density at radius 3 is 2.60 bits per heavy atom. The molecular formula is C14H19N3O3. The summed E-state index contributed by atoms with van der Waals surface area (Å²) in [7, 11) is 0. The molecule has 20 heavy (non-hydrogen) atoms. The molecule has 0 spiro atoms. The first-order chi connectivity index (χ1) is 9.58. The third-order valence-electron chi connectivity index (χ3n) is 3.41. The summed E-state index contributed by atoms with van der Waals surface area (Å²) < 4.78 is 0. The second-order valence-corrected chi connectivity index (χ2v) is 4.95. The van der Waals surface area contributed by atoms with E-state index in [2.05, 4.69) is 5.32 Å². The Kier molecular flexibility index (Phi) is 4.57. The number of primary amides is 1. The number of piperidine rings is 1. The Morgan fingerprint density at radius 1 is 1.35 bits per heavy atom. The third-order valence-corrected chi connectivity index (χ3v) is 3.41. The summed E-state index contributed by atoms with van der Waals surface area (Å²) in [6, 6.07) is 5.96. The molecule has 2 amide bonds. The number of nitrogens with zero attached hydrogens (tertiary/aromatic N) is 1. The fourth-order valence-electron chi connectivity index (χ4n) is 2.40. The van der Waals surface area contributed by atoms with E-state index in [1.165, 1.54) is 17.0 Å². The van der Waals surface area contributed by atoms with Crippen molar-refractivity contribution in [2.45, 2.75) is 18.9 Å². The number of benzene rings is 1. The molecule has 0 radical (unpaired) electrons. The smallest absolute Gasteiger partial charge is 0.254 e. The van der Waals surface area contributed by atoms with Crippen molar-refractivity contribution < 1.29 is 14.7 Å². The van der Waals surface area contributed by atoms with E-state index in [1.807, 2.05) is 0 Å². The molecule has 4 N–H and O–H groups in total. The standard InChI is InChI=1S/C14H19N3O3/c15-13(19)9-17(11-2-1-7-16-8-11)14(20)10-3-5-12(18)6-4-10/h3-6,11,16,18H,1-2,7-9H2,(H2,15,19). The highest BCUT2D eigenvalue weighted by Crippen LogP contribution is 2.16. The van der Waals surface area contributed by atoms with E-state index >= 15 is 0 Å². The van der Waals surface area contributed by atoms with Gasteiger partial charge in [-0.1, -0.05) is 0 Å². The molecule has 6 heteroatoms. The maximum Gasteiger partial charge on any atom is 0.254 e. The van der Waals surface area contributed by atoms with Crippen molar-refractivity contribution in [2.75, 3.05) is 19.6 Å². The van der Waals surface area contributed by atoms with E-state index in [1.54, 1.807) is 12.1 Å². The van der Waals surface area contributed by atoms with Crippen LogP contribution in [0.1, 0.15) is 23.2 Å². The van der Waals surface area contributed by atoms with Crippen LogP contribution in [0.5, 0.6) is 5.75 Å². The number of nitrogens with two attached hydrogens (primary N) is 1. The maximum atomic E-state index is 12.5. The summed E-state index contributed by atoms with van der Waals surface area (Å²) >= 11 is 0. The number of rotatable bonds is 4. The maximum absolute atomic E-state index is 12.5. The van der Waals surface area contributed by atoms with Crippen molar-refractivity contribution in [3.8, 4) is 5.75 Å². The van der Waals surface area contributed by atoms with Crippen molar-refractivity contribution in [3.05, 3.63) is 29.8 Å². The van der Waals surface area contributed by atoms with E-state index in [9.17, 15) is 14.7 Å². The summed E-state index contributed by atoms with van der Waals surface area (Å²) in [5.74, 6) is -0.664. The van der Waals surface area contributed by atoms with Gasteiger partial charge in [0.2, 0.25) is 5.91 Å². The molecule has 1 unspecified atom stereocenters. The van der Waals surface area contributed by atoms with E-state index in [0.29, 0.717) is 12.1 Å². The van der Waals surface area contributed by atoms with Crippen LogP contribution in [0.15, 0.2) is 24.3 Å². The van der Waals surface area contributed by atoms with Crippen molar-refractivity contribution in [1.29, 1.82) is 0 Å². The van der Waals surface area contributed by atoms with E-state index < -0.39 is 5.91 Å². The van der Waals surface area contributed by atoms with Gasteiger partial charge in [-0.15, -0.1) is 0 Å². The van der Waals surface area contributed by atoms with Gasteiger partial charge >= 0.3 is 0 Å². The van der Waals surface area contributed by atoms with Crippen LogP contribution in [0.25, 0.3) is 0 Å². The number of carbonyl (C=O) groups is 2. The summed E-state index contributed by atoms with van der Waals surface area (Å²) in [6.45, 7) is 1.50. The van der Waals surface area contributed by atoms with Crippen molar-refractivity contribution >= 4 is 11.8 Å². The average molecular weight is 277 g/mol. The van der Waals surface area contributed by atoms with Crippen LogP contribution in [0.4, 0.5) is 0 Å². The quantitative estimate of drug-likeness (QED) is 0.726. The lowest BCUT2D eigenvalue weighted by Crippen LogP contribution is -2.51. The number of aromatic hydroxyl groups is 1. The molecule has 1 atom stereocenters. The van der Waals surface area contributed by atoms with Gasteiger partial charge in [0, 0.05) is 18.2 Å². The van der Waals surface area contributed by atoms with Gasteiger partial charge in [0.15, 0.2) is 0 Å². The lowest BCUT2D eigenvalue weighted by atomic mass is 10.0. The van der Waals surface area contributed by atoms with E-state index in [4.69, 9.17) is 5.73 Å². The third kappa shape index (κ3) is 3.48. The summed E-state index contributed by atoms with van der Waals surface area (Å²) in [5, 5.41) is 12.5. The van der Waals surface area contributed by atoms with Crippen LogP contribution in [0.2, 0.25) is 0 Å². The normalized spacial score (nSPS) is 18.5. The van der Waals surface area contributed by atoms with Gasteiger partial charge in [0.1, 0.15) is 5.75 Å². The Bertz CT molecular complexity index is 481. The number of carbonyl (C=O) groups excluding carboxylic acids is 2. The van der Waals surface area contributed by atoms with Crippen LogP contribution >= 0.6 is 0 Å². The Balaban J connectivity index is 2.18. The van der Waals surface area contributed by atoms with Crippen LogP contribution in [-0.2, 0) is 4.79 Å². The second-order valence-electron chi connectivity index (χ2n) is 4.95. The molecule has 0 saturated carbocycles. The number of nitrogens with one attached hydrogen (secondary N) is 1. The molecule has 1 aliphatic rings. The summed E-state index contributed by atoms with van der Waals surface area (Å²) in [6.07, 6.45) is 1.81. The predicted molar refractivity (Wildman–Crippen MR) is 74.2 cm³/mol. The predicted octanol–water partition coefficient (Wildman–Crippen LogP) is 0.0717. The van der Waals surface area contributed by atoms with Crippen LogP contribution in [0.3, 0.4) is 0 Å². The highest BCUT2D eigenvalue weighted by molar-refractivity contribution is 5.96. The molecule has 1 aliphatic heterocycles. The SMILES string of the molecule is NC(=O)CN(C(=O)c1ccc(O)cc1)C1CCCNC1. The molecule has 0 aliphatic carbocycles. The largest absolute Gasteiger partial charge is 0.508 e. The van der Waals surface area contributed by atoms with Gasteiger partial charge < -0.3 is 21.1 Å². The Hall–Kier alpha value is -2.08. The average Bonchev–Trinajstić information content (AvgIpc) is 2.45. The molecule has 6 nitrogen and oxygen atoms in total. The topological polar surface area (TPSA) is 95.7 Å². The molecular weight excluding hydrogens is 258 g/mol. The zero-order valence-electron chi connectivity index (χ0n) is 11.2. The molecule has 1 aromatic rings. The number of phenols is 1. The Morgan fingerprint density at radius 2 is 2.05 bits per heavy atom. The minimum Gasteiger partial charge on any atom is -0.508 e. The number of phenolic OH excluding ortho intramolecular Hbond substituents is 1. The second kappa shape index (κ2) is 6.38. The highest BCUT2D eigenvalue weighted by atomic mass is 16.3. The minimum atomic E-state index is -0.525. The molecule has 0 aromatic heterocycles.